The highest BCUT2D eigenvalue weighted by Crippen LogP contribution is 2.25. The number of carbonyl (C=O) groups is 2. The Kier molecular flexibility index (Phi) is 6.26. The van der Waals surface area contributed by atoms with Crippen LogP contribution in [-0.4, -0.2) is 22.6 Å². The molecule has 0 aliphatic rings. The normalized spacial score (nSPS) is 10.4. The molecule has 0 aliphatic heterocycles. The summed E-state index contributed by atoms with van der Waals surface area (Å²) in [6.07, 6.45) is 1.72. The van der Waals surface area contributed by atoms with E-state index in [-0.39, 0.29) is 17.6 Å². The Bertz CT molecular complexity index is 952. The number of thioether (sulfide) groups is 1. The molecule has 2 aromatic carbocycles. The Morgan fingerprint density at radius 2 is 1.78 bits per heavy atom. The number of anilines is 2. The molecule has 3 rings (SSSR count). The maximum atomic E-state index is 12.6. The summed E-state index contributed by atoms with van der Waals surface area (Å²) >= 11 is 2.75. The van der Waals surface area contributed by atoms with E-state index in [0.29, 0.717) is 10.7 Å². The van der Waals surface area contributed by atoms with Crippen LogP contribution in [0.2, 0.25) is 0 Å². The quantitative estimate of drug-likeness (QED) is 0.589. The zero-order valence-corrected chi connectivity index (χ0v) is 16.6. The number of aromatic nitrogens is 1. The van der Waals surface area contributed by atoms with Crippen molar-refractivity contribution in [1.29, 1.82) is 0 Å². The number of benzene rings is 2. The van der Waals surface area contributed by atoms with Crippen LogP contribution >= 0.6 is 23.1 Å². The zero-order chi connectivity index (χ0) is 19.2. The van der Waals surface area contributed by atoms with Crippen LogP contribution in [0.4, 0.5) is 10.8 Å². The van der Waals surface area contributed by atoms with Gasteiger partial charge in [-0.05, 0) is 38.1 Å². The van der Waals surface area contributed by atoms with Gasteiger partial charge in [-0.25, -0.2) is 4.98 Å². The molecule has 27 heavy (non-hydrogen) atoms. The summed E-state index contributed by atoms with van der Waals surface area (Å²) in [5, 5.41) is 6.23. The van der Waals surface area contributed by atoms with E-state index in [2.05, 4.69) is 15.6 Å². The molecular weight excluding hydrogens is 378 g/mol. The van der Waals surface area contributed by atoms with Crippen molar-refractivity contribution in [2.75, 3.05) is 16.4 Å². The molecule has 3 aromatic rings. The van der Waals surface area contributed by atoms with Gasteiger partial charge >= 0.3 is 0 Å². The van der Waals surface area contributed by atoms with Crippen molar-refractivity contribution in [1.82, 2.24) is 4.98 Å². The van der Waals surface area contributed by atoms with E-state index in [9.17, 15) is 9.59 Å². The van der Waals surface area contributed by atoms with Crippen molar-refractivity contribution >= 4 is 45.7 Å². The lowest BCUT2D eigenvalue weighted by Crippen LogP contribution is -2.15. The first-order chi connectivity index (χ1) is 13.0. The summed E-state index contributed by atoms with van der Waals surface area (Å²) in [4.78, 5) is 30.7. The van der Waals surface area contributed by atoms with Crippen molar-refractivity contribution in [3.8, 4) is 0 Å². The molecule has 1 heterocycles. The Morgan fingerprint density at radius 3 is 2.48 bits per heavy atom. The smallest absolute Gasteiger partial charge is 0.258 e. The summed E-state index contributed by atoms with van der Waals surface area (Å²) in [5.74, 6) is -0.129. The maximum Gasteiger partial charge on any atom is 0.258 e. The van der Waals surface area contributed by atoms with Crippen LogP contribution in [0, 0.1) is 13.8 Å². The first-order valence-electron chi connectivity index (χ1n) is 8.33. The Hall–Kier alpha value is -2.64. The second-order valence-electron chi connectivity index (χ2n) is 5.93. The molecule has 0 bridgehead atoms. The molecule has 0 atom stereocenters. The van der Waals surface area contributed by atoms with Crippen molar-refractivity contribution in [2.24, 2.45) is 0 Å². The standard InChI is InChI=1S/C20H19N3O2S2/c1-13-7-9-15(10-8-13)22-18(24)12-26-17-6-4-3-5-16(17)19(25)23-20-21-11-14(2)27-20/h3-11H,12H2,1-2H3,(H,22,24)(H,21,23,25). The molecule has 0 aliphatic carbocycles. The predicted molar refractivity (Wildman–Crippen MR) is 112 cm³/mol. The van der Waals surface area contributed by atoms with Gasteiger partial charge < -0.3 is 5.32 Å². The van der Waals surface area contributed by atoms with Crippen molar-refractivity contribution < 1.29 is 9.59 Å². The summed E-state index contributed by atoms with van der Waals surface area (Å²) < 4.78 is 0. The number of aryl methyl sites for hydroxylation is 2. The lowest BCUT2D eigenvalue weighted by atomic mass is 10.2. The fourth-order valence-electron chi connectivity index (χ4n) is 2.33. The fourth-order valence-corrected chi connectivity index (χ4v) is 3.84. The van der Waals surface area contributed by atoms with E-state index in [1.807, 2.05) is 50.2 Å². The number of carbonyl (C=O) groups excluding carboxylic acids is 2. The highest BCUT2D eigenvalue weighted by atomic mass is 32.2. The highest BCUT2D eigenvalue weighted by Gasteiger charge is 2.14. The van der Waals surface area contributed by atoms with Gasteiger partial charge in [-0.1, -0.05) is 29.8 Å². The molecule has 0 fully saturated rings. The van der Waals surface area contributed by atoms with Crippen molar-refractivity contribution in [2.45, 2.75) is 18.7 Å². The molecule has 0 saturated carbocycles. The molecule has 2 amide bonds. The van der Waals surface area contributed by atoms with Crippen LogP contribution in [-0.2, 0) is 4.79 Å². The Balaban J connectivity index is 1.62. The van der Waals surface area contributed by atoms with Crippen LogP contribution < -0.4 is 10.6 Å². The number of thiazole rings is 1. The minimum atomic E-state index is -0.230. The number of rotatable bonds is 6. The van der Waals surface area contributed by atoms with Crippen molar-refractivity contribution in [3.63, 3.8) is 0 Å². The third kappa shape index (κ3) is 5.42. The van der Waals surface area contributed by atoms with Gasteiger partial charge in [0.2, 0.25) is 5.91 Å². The second-order valence-corrected chi connectivity index (χ2v) is 8.18. The summed E-state index contributed by atoms with van der Waals surface area (Å²) in [6, 6.07) is 14.9. The van der Waals surface area contributed by atoms with Gasteiger partial charge in [0.25, 0.3) is 5.91 Å². The zero-order valence-electron chi connectivity index (χ0n) is 15.0. The lowest BCUT2D eigenvalue weighted by Gasteiger charge is -2.09. The minimum Gasteiger partial charge on any atom is -0.325 e. The number of nitrogens with one attached hydrogen (secondary N) is 2. The van der Waals surface area contributed by atoms with Crippen molar-refractivity contribution in [3.05, 3.63) is 70.7 Å². The third-order valence-corrected chi connectivity index (χ3v) is 5.57. The van der Waals surface area contributed by atoms with Crippen LogP contribution in [0.15, 0.2) is 59.6 Å². The number of hydrogen-bond acceptors (Lipinski definition) is 5. The average Bonchev–Trinajstić information content (AvgIpc) is 3.07. The maximum absolute atomic E-state index is 12.6. The molecule has 1 aromatic heterocycles. The molecule has 7 heteroatoms. The molecule has 0 unspecified atom stereocenters. The summed E-state index contributed by atoms with van der Waals surface area (Å²) in [6.45, 7) is 3.93. The Labute approximate surface area is 166 Å². The van der Waals surface area contributed by atoms with Gasteiger partial charge in [0.1, 0.15) is 0 Å². The van der Waals surface area contributed by atoms with E-state index in [0.717, 1.165) is 21.0 Å². The molecule has 5 nitrogen and oxygen atoms in total. The van der Waals surface area contributed by atoms with Gasteiger partial charge in [0.15, 0.2) is 5.13 Å². The molecule has 0 radical (unpaired) electrons. The monoisotopic (exact) mass is 397 g/mol. The lowest BCUT2D eigenvalue weighted by molar-refractivity contribution is -0.113. The highest BCUT2D eigenvalue weighted by molar-refractivity contribution is 8.00. The van der Waals surface area contributed by atoms with E-state index in [1.165, 1.54) is 23.1 Å². The molecular formula is C20H19N3O2S2. The predicted octanol–water partition coefficient (Wildman–Crippen LogP) is 4.74. The van der Waals surface area contributed by atoms with Gasteiger partial charge in [-0.2, -0.15) is 0 Å². The molecule has 0 spiro atoms. The first kappa shape index (κ1) is 19.1. The minimum absolute atomic E-state index is 0.116. The first-order valence-corrected chi connectivity index (χ1v) is 10.1. The third-order valence-electron chi connectivity index (χ3n) is 3.67. The molecule has 0 saturated heterocycles. The number of nitrogens with zero attached hydrogens (tertiary/aromatic N) is 1. The fraction of sp³-hybridized carbons (Fsp3) is 0.150. The van der Waals surface area contributed by atoms with E-state index >= 15 is 0 Å². The number of hydrogen-bond donors (Lipinski definition) is 2. The van der Waals surface area contributed by atoms with E-state index < -0.39 is 0 Å². The van der Waals surface area contributed by atoms with Crippen LogP contribution in [0.25, 0.3) is 0 Å². The van der Waals surface area contributed by atoms with Gasteiger partial charge in [-0.15, -0.1) is 23.1 Å². The van der Waals surface area contributed by atoms with E-state index in [1.54, 1.807) is 18.3 Å². The second kappa shape index (κ2) is 8.83. The largest absolute Gasteiger partial charge is 0.325 e. The van der Waals surface area contributed by atoms with Gasteiger partial charge in [0.05, 0.1) is 11.3 Å². The van der Waals surface area contributed by atoms with Crippen LogP contribution in [0.3, 0.4) is 0 Å². The number of amides is 2. The average molecular weight is 398 g/mol. The molecule has 138 valence electrons. The van der Waals surface area contributed by atoms with Crippen LogP contribution in [0.1, 0.15) is 20.8 Å². The summed E-state index contributed by atoms with van der Waals surface area (Å²) in [5.41, 5.74) is 2.42. The van der Waals surface area contributed by atoms with Gasteiger partial charge in [-0.3, -0.25) is 14.9 Å². The topological polar surface area (TPSA) is 71.1 Å². The summed E-state index contributed by atoms with van der Waals surface area (Å²) in [7, 11) is 0. The van der Waals surface area contributed by atoms with Crippen LogP contribution in [0.5, 0.6) is 0 Å². The molecule has 2 N–H and O–H groups in total. The SMILES string of the molecule is Cc1ccc(NC(=O)CSc2ccccc2C(=O)Nc2ncc(C)s2)cc1. The van der Waals surface area contributed by atoms with Gasteiger partial charge in [0, 0.05) is 21.7 Å². The van der Waals surface area contributed by atoms with E-state index in [4.69, 9.17) is 0 Å². The Morgan fingerprint density at radius 1 is 1.04 bits per heavy atom.